The smallest absolute Gasteiger partial charge is 0.410 e. The topological polar surface area (TPSA) is 32.8 Å². The molecule has 0 saturated carbocycles. The maximum atomic E-state index is 12.1. The van der Waals surface area contributed by atoms with Crippen molar-refractivity contribution in [2.75, 3.05) is 19.7 Å². The summed E-state index contributed by atoms with van der Waals surface area (Å²) in [6.07, 6.45) is 9.31. The van der Waals surface area contributed by atoms with Crippen molar-refractivity contribution in [2.45, 2.75) is 57.5 Å². The van der Waals surface area contributed by atoms with Gasteiger partial charge in [0.1, 0.15) is 0 Å². The highest BCUT2D eigenvalue weighted by molar-refractivity contribution is 5.69. The van der Waals surface area contributed by atoms with Crippen molar-refractivity contribution in [2.24, 2.45) is 0 Å². The Balaban J connectivity index is 1.77. The number of fused-ring (bicyclic) bond motifs is 2. The zero-order chi connectivity index (χ0) is 13.2. The van der Waals surface area contributed by atoms with Gasteiger partial charge in [0.05, 0.1) is 12.6 Å². The van der Waals surface area contributed by atoms with E-state index >= 15 is 0 Å². The van der Waals surface area contributed by atoms with E-state index in [0.29, 0.717) is 12.6 Å². The molecule has 0 aliphatic carbocycles. The number of hydrogen-bond acceptors (Lipinski definition) is 3. The first-order valence-electron chi connectivity index (χ1n) is 7.70. The first kappa shape index (κ1) is 12.8. The molecule has 0 spiro atoms. The summed E-state index contributed by atoms with van der Waals surface area (Å²) in [6.45, 7) is 4.75. The first-order valence-corrected chi connectivity index (χ1v) is 7.70. The predicted octanol–water partition coefficient (Wildman–Crippen LogP) is 2.75. The second kappa shape index (κ2) is 5.43. The monoisotopic (exact) mass is 264 g/mol. The standard InChI is InChI=1S/C15H24N2O2/c1-2-19-15(18)17-12-6-5-7-13(17)11-14(10-12)16-8-3-4-9-16/h10,12-13H,2-9,11H2,1H3. The second-order valence-electron chi connectivity index (χ2n) is 5.81. The maximum absolute atomic E-state index is 12.1. The van der Waals surface area contributed by atoms with Gasteiger partial charge >= 0.3 is 6.09 Å². The lowest BCUT2D eigenvalue weighted by atomic mass is 9.87. The van der Waals surface area contributed by atoms with Gasteiger partial charge in [0.15, 0.2) is 0 Å². The molecule has 0 aromatic heterocycles. The van der Waals surface area contributed by atoms with E-state index in [0.717, 1.165) is 19.3 Å². The lowest BCUT2D eigenvalue weighted by Crippen LogP contribution is -2.53. The van der Waals surface area contributed by atoms with Crippen molar-refractivity contribution in [3.05, 3.63) is 11.8 Å². The molecule has 19 heavy (non-hydrogen) atoms. The van der Waals surface area contributed by atoms with Crippen LogP contribution in [-0.4, -0.2) is 47.7 Å². The van der Waals surface area contributed by atoms with Crippen LogP contribution < -0.4 is 0 Å². The number of amides is 1. The van der Waals surface area contributed by atoms with E-state index in [2.05, 4.69) is 11.0 Å². The van der Waals surface area contributed by atoms with E-state index in [1.807, 2.05) is 11.8 Å². The summed E-state index contributed by atoms with van der Waals surface area (Å²) in [5, 5.41) is 0. The molecule has 106 valence electrons. The molecule has 2 atom stereocenters. The summed E-state index contributed by atoms with van der Waals surface area (Å²) < 4.78 is 5.22. The fourth-order valence-corrected chi connectivity index (χ4v) is 3.73. The first-order chi connectivity index (χ1) is 9.29. The van der Waals surface area contributed by atoms with Crippen LogP contribution in [0.25, 0.3) is 0 Å². The van der Waals surface area contributed by atoms with Crippen LogP contribution in [0.15, 0.2) is 11.8 Å². The summed E-state index contributed by atoms with van der Waals surface area (Å²) >= 11 is 0. The zero-order valence-electron chi connectivity index (χ0n) is 11.8. The molecule has 3 rings (SSSR count). The van der Waals surface area contributed by atoms with Crippen molar-refractivity contribution in [1.82, 2.24) is 9.80 Å². The molecule has 4 heteroatoms. The third-order valence-corrected chi connectivity index (χ3v) is 4.61. The Hall–Kier alpha value is -1.19. The summed E-state index contributed by atoms with van der Waals surface area (Å²) in [4.78, 5) is 16.6. The Morgan fingerprint density at radius 2 is 2.11 bits per heavy atom. The Bertz CT molecular complexity index is 374. The SMILES string of the molecule is CCOC(=O)N1C2C=C(N3CCCC3)CC1CCC2. The van der Waals surface area contributed by atoms with Gasteiger partial charge in [-0.2, -0.15) is 0 Å². The van der Waals surface area contributed by atoms with Crippen molar-refractivity contribution in [3.63, 3.8) is 0 Å². The Labute approximate surface area is 115 Å². The van der Waals surface area contributed by atoms with Crippen molar-refractivity contribution < 1.29 is 9.53 Å². The van der Waals surface area contributed by atoms with E-state index in [9.17, 15) is 4.79 Å². The molecule has 2 unspecified atom stereocenters. The molecule has 3 aliphatic rings. The molecule has 0 radical (unpaired) electrons. The van der Waals surface area contributed by atoms with E-state index < -0.39 is 0 Å². The molecule has 2 bridgehead atoms. The summed E-state index contributed by atoms with van der Waals surface area (Å²) in [5.41, 5.74) is 1.48. The number of likely N-dealkylation sites (tertiary alicyclic amines) is 1. The van der Waals surface area contributed by atoms with Gasteiger partial charge in [-0.25, -0.2) is 4.79 Å². The molecule has 1 amide bonds. The molecule has 0 aromatic carbocycles. The van der Waals surface area contributed by atoms with Gasteiger partial charge in [0, 0.05) is 31.2 Å². The minimum absolute atomic E-state index is 0.117. The zero-order valence-corrected chi connectivity index (χ0v) is 11.8. The number of ether oxygens (including phenoxy) is 1. The van der Waals surface area contributed by atoms with Crippen LogP contribution in [0, 0.1) is 0 Å². The minimum atomic E-state index is -0.117. The quantitative estimate of drug-likeness (QED) is 0.769. The number of nitrogens with zero attached hydrogens (tertiary/aromatic N) is 2. The molecule has 3 heterocycles. The fourth-order valence-electron chi connectivity index (χ4n) is 3.73. The van der Waals surface area contributed by atoms with Gasteiger partial charge in [0.25, 0.3) is 0 Å². The molecular weight excluding hydrogens is 240 g/mol. The highest BCUT2D eigenvalue weighted by atomic mass is 16.6. The highest BCUT2D eigenvalue weighted by Crippen LogP contribution is 2.35. The van der Waals surface area contributed by atoms with Gasteiger partial charge in [-0.1, -0.05) is 0 Å². The molecule has 4 nitrogen and oxygen atoms in total. The number of piperidine rings is 1. The van der Waals surface area contributed by atoms with Crippen LogP contribution in [0.1, 0.15) is 45.4 Å². The van der Waals surface area contributed by atoms with Gasteiger partial charge in [-0.15, -0.1) is 0 Å². The van der Waals surface area contributed by atoms with Gasteiger partial charge in [-0.3, -0.25) is 4.90 Å². The van der Waals surface area contributed by atoms with Crippen LogP contribution in [0.5, 0.6) is 0 Å². The largest absolute Gasteiger partial charge is 0.450 e. The van der Waals surface area contributed by atoms with Gasteiger partial charge in [-0.05, 0) is 45.1 Å². The van der Waals surface area contributed by atoms with Crippen molar-refractivity contribution in [3.8, 4) is 0 Å². The van der Waals surface area contributed by atoms with Crippen LogP contribution in [0.2, 0.25) is 0 Å². The van der Waals surface area contributed by atoms with E-state index in [4.69, 9.17) is 4.74 Å². The fraction of sp³-hybridized carbons (Fsp3) is 0.800. The lowest BCUT2D eigenvalue weighted by Gasteiger charge is -2.45. The molecule has 0 N–H and O–H groups in total. The lowest BCUT2D eigenvalue weighted by molar-refractivity contribution is 0.0518. The van der Waals surface area contributed by atoms with Gasteiger partial charge in [0.2, 0.25) is 0 Å². The number of carbonyl (C=O) groups is 1. The van der Waals surface area contributed by atoms with Gasteiger partial charge < -0.3 is 9.64 Å². The average Bonchev–Trinajstić information content (AvgIpc) is 2.91. The third-order valence-electron chi connectivity index (χ3n) is 4.61. The summed E-state index contributed by atoms with van der Waals surface area (Å²) in [5.74, 6) is 0. The van der Waals surface area contributed by atoms with Crippen LogP contribution in [-0.2, 0) is 4.74 Å². The predicted molar refractivity (Wildman–Crippen MR) is 73.8 cm³/mol. The van der Waals surface area contributed by atoms with Crippen LogP contribution in [0.4, 0.5) is 4.79 Å². The number of rotatable bonds is 2. The minimum Gasteiger partial charge on any atom is -0.450 e. The average molecular weight is 264 g/mol. The van der Waals surface area contributed by atoms with E-state index in [1.54, 1.807) is 0 Å². The second-order valence-corrected chi connectivity index (χ2v) is 5.81. The van der Waals surface area contributed by atoms with Crippen LogP contribution in [0.3, 0.4) is 0 Å². The highest BCUT2D eigenvalue weighted by Gasteiger charge is 2.39. The Morgan fingerprint density at radius 3 is 2.79 bits per heavy atom. The van der Waals surface area contributed by atoms with Crippen molar-refractivity contribution in [1.29, 1.82) is 0 Å². The number of carbonyl (C=O) groups excluding carboxylic acids is 1. The summed E-state index contributed by atoms with van der Waals surface area (Å²) in [7, 11) is 0. The normalized spacial score (nSPS) is 30.3. The molecule has 0 aromatic rings. The molecular formula is C15H24N2O2. The van der Waals surface area contributed by atoms with Crippen molar-refractivity contribution >= 4 is 6.09 Å². The van der Waals surface area contributed by atoms with Crippen LogP contribution >= 0.6 is 0 Å². The molecule has 2 fully saturated rings. The third kappa shape index (κ3) is 2.45. The van der Waals surface area contributed by atoms with E-state index in [-0.39, 0.29) is 12.1 Å². The van der Waals surface area contributed by atoms with E-state index in [1.165, 1.54) is 38.0 Å². The Morgan fingerprint density at radius 1 is 1.32 bits per heavy atom. The summed E-state index contributed by atoms with van der Waals surface area (Å²) in [6, 6.07) is 0.626. The molecule has 2 saturated heterocycles. The number of hydrogen-bond donors (Lipinski definition) is 0. The molecule has 3 aliphatic heterocycles. The Kier molecular flexibility index (Phi) is 3.67. The maximum Gasteiger partial charge on any atom is 0.410 e.